The Bertz CT molecular complexity index is 405. The molecule has 4 heteroatoms. The minimum atomic E-state index is 0.0597. The number of benzene rings is 1. The maximum atomic E-state index is 12.0. The largest absolute Gasteiger partial charge is 0.334 e. The van der Waals surface area contributed by atoms with Crippen LogP contribution < -0.4 is 5.32 Å². The Kier molecular flexibility index (Phi) is 4.64. The number of amides is 2. The van der Waals surface area contributed by atoms with Gasteiger partial charge in [-0.25, -0.2) is 4.79 Å². The Morgan fingerprint density at radius 1 is 1.44 bits per heavy atom. The van der Waals surface area contributed by atoms with Crippen molar-refractivity contribution in [1.82, 2.24) is 10.2 Å². The molecule has 0 radical (unpaired) electrons. The van der Waals surface area contributed by atoms with Crippen LogP contribution in [0, 0.1) is 5.92 Å². The van der Waals surface area contributed by atoms with Crippen LogP contribution in [0.5, 0.6) is 0 Å². The molecule has 2 rings (SSSR count). The summed E-state index contributed by atoms with van der Waals surface area (Å²) in [5.74, 6) is 0.622. The van der Waals surface area contributed by atoms with Crippen molar-refractivity contribution in [2.45, 2.75) is 26.3 Å². The molecule has 2 amide bonds. The van der Waals surface area contributed by atoms with E-state index in [1.807, 2.05) is 29.2 Å². The van der Waals surface area contributed by atoms with Crippen molar-refractivity contribution in [3.8, 4) is 0 Å². The Balaban J connectivity index is 1.82. The zero-order valence-corrected chi connectivity index (χ0v) is 12.2. The topological polar surface area (TPSA) is 32.3 Å². The zero-order chi connectivity index (χ0) is 13.0. The summed E-state index contributed by atoms with van der Waals surface area (Å²) in [6, 6.07) is 8.07. The summed E-state index contributed by atoms with van der Waals surface area (Å²) in [5.41, 5.74) is 1.12. The number of urea groups is 1. The highest BCUT2D eigenvalue weighted by Crippen LogP contribution is 2.15. The zero-order valence-electron chi connectivity index (χ0n) is 10.7. The Morgan fingerprint density at radius 3 is 2.83 bits per heavy atom. The minimum absolute atomic E-state index is 0.0597. The van der Waals surface area contributed by atoms with Crippen LogP contribution in [0.4, 0.5) is 4.79 Å². The quantitative estimate of drug-likeness (QED) is 0.892. The standard InChI is InChI=1S/C14H19BrN2O/c1-11-3-2-8-17(10-11)14(18)16-9-12-4-6-13(15)7-5-12/h4-7,11H,2-3,8-10H2,1H3,(H,16,18). The van der Waals surface area contributed by atoms with Gasteiger partial charge in [-0.15, -0.1) is 0 Å². The second kappa shape index (κ2) is 6.23. The molecule has 1 atom stereocenters. The third-order valence-corrected chi connectivity index (χ3v) is 3.83. The monoisotopic (exact) mass is 310 g/mol. The van der Waals surface area contributed by atoms with Gasteiger partial charge in [0.25, 0.3) is 0 Å². The second-order valence-electron chi connectivity index (χ2n) is 4.98. The van der Waals surface area contributed by atoms with Crippen molar-refractivity contribution < 1.29 is 4.79 Å². The molecule has 1 aliphatic rings. The number of hydrogen-bond acceptors (Lipinski definition) is 1. The number of nitrogens with zero attached hydrogens (tertiary/aromatic N) is 1. The van der Waals surface area contributed by atoms with E-state index < -0.39 is 0 Å². The molecule has 0 saturated carbocycles. The highest BCUT2D eigenvalue weighted by atomic mass is 79.9. The highest BCUT2D eigenvalue weighted by Gasteiger charge is 2.20. The SMILES string of the molecule is CC1CCCN(C(=O)NCc2ccc(Br)cc2)C1. The van der Waals surface area contributed by atoms with Gasteiger partial charge in [0.05, 0.1) is 0 Å². The summed E-state index contributed by atoms with van der Waals surface area (Å²) in [6.07, 6.45) is 2.35. The van der Waals surface area contributed by atoms with E-state index in [0.29, 0.717) is 12.5 Å². The van der Waals surface area contributed by atoms with Gasteiger partial charge < -0.3 is 10.2 Å². The van der Waals surface area contributed by atoms with Gasteiger partial charge in [-0.2, -0.15) is 0 Å². The first-order valence-corrected chi connectivity index (χ1v) is 7.21. The first kappa shape index (κ1) is 13.4. The molecule has 1 unspecified atom stereocenters. The van der Waals surface area contributed by atoms with Crippen molar-refractivity contribution in [2.75, 3.05) is 13.1 Å². The smallest absolute Gasteiger partial charge is 0.317 e. The van der Waals surface area contributed by atoms with E-state index in [1.165, 1.54) is 6.42 Å². The van der Waals surface area contributed by atoms with E-state index in [9.17, 15) is 4.79 Å². The maximum Gasteiger partial charge on any atom is 0.317 e. The van der Waals surface area contributed by atoms with Crippen LogP contribution in [0.2, 0.25) is 0 Å². The van der Waals surface area contributed by atoms with Crippen LogP contribution in [-0.4, -0.2) is 24.0 Å². The summed E-state index contributed by atoms with van der Waals surface area (Å²) >= 11 is 3.40. The fourth-order valence-corrected chi connectivity index (χ4v) is 2.53. The number of piperidine rings is 1. The summed E-state index contributed by atoms with van der Waals surface area (Å²) in [4.78, 5) is 13.9. The number of carbonyl (C=O) groups is 1. The third kappa shape index (κ3) is 3.73. The number of carbonyl (C=O) groups excluding carboxylic acids is 1. The van der Waals surface area contributed by atoms with Gasteiger partial charge in [-0.3, -0.25) is 0 Å². The molecule has 3 nitrogen and oxygen atoms in total. The molecule has 0 aromatic heterocycles. The fourth-order valence-electron chi connectivity index (χ4n) is 2.27. The molecule has 1 N–H and O–H groups in total. The third-order valence-electron chi connectivity index (χ3n) is 3.30. The lowest BCUT2D eigenvalue weighted by Crippen LogP contribution is -2.44. The van der Waals surface area contributed by atoms with E-state index in [0.717, 1.165) is 29.5 Å². The van der Waals surface area contributed by atoms with Crippen molar-refractivity contribution in [3.05, 3.63) is 34.3 Å². The summed E-state index contributed by atoms with van der Waals surface area (Å²) in [6.45, 7) is 4.56. The lowest BCUT2D eigenvalue weighted by Gasteiger charge is -2.30. The molecule has 1 aromatic rings. The van der Waals surface area contributed by atoms with Gasteiger partial charge in [0.2, 0.25) is 0 Å². The van der Waals surface area contributed by atoms with Crippen molar-refractivity contribution in [1.29, 1.82) is 0 Å². The van der Waals surface area contributed by atoms with E-state index >= 15 is 0 Å². The molecule has 1 fully saturated rings. The Hall–Kier alpha value is -1.03. The van der Waals surface area contributed by atoms with Crippen molar-refractivity contribution in [3.63, 3.8) is 0 Å². The second-order valence-corrected chi connectivity index (χ2v) is 5.89. The molecular formula is C14H19BrN2O. The average molecular weight is 311 g/mol. The van der Waals surface area contributed by atoms with E-state index in [1.54, 1.807) is 0 Å². The lowest BCUT2D eigenvalue weighted by molar-refractivity contribution is 0.169. The summed E-state index contributed by atoms with van der Waals surface area (Å²) < 4.78 is 1.06. The number of hydrogen-bond donors (Lipinski definition) is 1. The van der Waals surface area contributed by atoms with E-state index in [-0.39, 0.29) is 6.03 Å². The fraction of sp³-hybridized carbons (Fsp3) is 0.500. The number of nitrogens with one attached hydrogen (secondary N) is 1. The molecule has 1 heterocycles. The molecule has 1 aliphatic heterocycles. The molecule has 0 spiro atoms. The first-order chi connectivity index (χ1) is 8.65. The molecule has 0 aliphatic carbocycles. The van der Waals surface area contributed by atoms with Crippen molar-refractivity contribution >= 4 is 22.0 Å². The molecule has 1 aromatic carbocycles. The molecule has 0 bridgehead atoms. The Labute approximate surface area is 117 Å². The summed E-state index contributed by atoms with van der Waals surface area (Å²) in [7, 11) is 0. The van der Waals surface area contributed by atoms with Crippen LogP contribution >= 0.6 is 15.9 Å². The van der Waals surface area contributed by atoms with Crippen LogP contribution in [0.1, 0.15) is 25.3 Å². The minimum Gasteiger partial charge on any atom is -0.334 e. The first-order valence-electron chi connectivity index (χ1n) is 6.42. The van der Waals surface area contributed by atoms with Gasteiger partial charge in [-0.05, 0) is 36.5 Å². The number of halogens is 1. The van der Waals surface area contributed by atoms with Gasteiger partial charge in [-0.1, -0.05) is 35.0 Å². The average Bonchev–Trinajstić information content (AvgIpc) is 2.38. The van der Waals surface area contributed by atoms with Gasteiger partial charge >= 0.3 is 6.03 Å². The normalized spacial score (nSPS) is 19.7. The van der Waals surface area contributed by atoms with Crippen LogP contribution in [0.25, 0.3) is 0 Å². The molecule has 1 saturated heterocycles. The van der Waals surface area contributed by atoms with Crippen molar-refractivity contribution in [2.24, 2.45) is 5.92 Å². The molecule has 18 heavy (non-hydrogen) atoms. The van der Waals surface area contributed by atoms with E-state index in [2.05, 4.69) is 28.2 Å². The summed E-state index contributed by atoms with van der Waals surface area (Å²) in [5, 5.41) is 2.98. The van der Waals surface area contributed by atoms with Crippen LogP contribution in [0.3, 0.4) is 0 Å². The molecule has 98 valence electrons. The van der Waals surface area contributed by atoms with Gasteiger partial charge in [0.1, 0.15) is 0 Å². The van der Waals surface area contributed by atoms with Gasteiger partial charge in [0, 0.05) is 24.1 Å². The van der Waals surface area contributed by atoms with Gasteiger partial charge in [0.15, 0.2) is 0 Å². The maximum absolute atomic E-state index is 12.0. The lowest BCUT2D eigenvalue weighted by atomic mass is 10.0. The highest BCUT2D eigenvalue weighted by molar-refractivity contribution is 9.10. The predicted octanol–water partition coefficient (Wildman–Crippen LogP) is 3.39. The predicted molar refractivity (Wildman–Crippen MR) is 76.3 cm³/mol. The van der Waals surface area contributed by atoms with Crippen LogP contribution in [0.15, 0.2) is 28.7 Å². The number of likely N-dealkylation sites (tertiary alicyclic amines) is 1. The van der Waals surface area contributed by atoms with Crippen LogP contribution in [-0.2, 0) is 6.54 Å². The number of rotatable bonds is 2. The van der Waals surface area contributed by atoms with E-state index in [4.69, 9.17) is 0 Å². The Morgan fingerprint density at radius 2 is 2.17 bits per heavy atom. The molecular weight excluding hydrogens is 292 g/mol.